The van der Waals surface area contributed by atoms with Crippen molar-refractivity contribution in [2.45, 2.75) is 64.6 Å². The molecule has 0 atom stereocenters. The summed E-state index contributed by atoms with van der Waals surface area (Å²) in [4.78, 5) is 16.2. The van der Waals surface area contributed by atoms with Crippen molar-refractivity contribution in [2.75, 3.05) is 19.6 Å². The summed E-state index contributed by atoms with van der Waals surface area (Å²) in [6.45, 7) is 13.6. The van der Waals surface area contributed by atoms with Gasteiger partial charge < -0.3 is 9.64 Å². The van der Waals surface area contributed by atoms with Crippen molar-refractivity contribution in [1.29, 1.82) is 0 Å². The number of amides is 1. The molecule has 4 nitrogen and oxygen atoms in total. The Hall–Kier alpha value is -0.770. The first-order valence-corrected chi connectivity index (χ1v) is 6.98. The number of carbonyl (C=O) groups is 1. The van der Waals surface area contributed by atoms with Gasteiger partial charge in [0, 0.05) is 37.5 Å². The molecule has 0 N–H and O–H groups in total. The van der Waals surface area contributed by atoms with E-state index in [9.17, 15) is 4.79 Å². The molecule has 0 bridgehead atoms. The van der Waals surface area contributed by atoms with Gasteiger partial charge in [-0.25, -0.2) is 4.79 Å². The van der Waals surface area contributed by atoms with Crippen molar-refractivity contribution >= 4 is 6.09 Å². The van der Waals surface area contributed by atoms with Crippen molar-refractivity contribution < 1.29 is 9.53 Å². The zero-order valence-electron chi connectivity index (χ0n) is 12.3. The van der Waals surface area contributed by atoms with Crippen LogP contribution < -0.4 is 0 Å². The largest absolute Gasteiger partial charge is 0.441 e. The summed E-state index contributed by atoms with van der Waals surface area (Å²) in [5, 5.41) is 0. The van der Waals surface area contributed by atoms with Gasteiger partial charge in [0.05, 0.1) is 6.54 Å². The molecule has 0 aromatic carbocycles. The molecule has 2 aliphatic rings. The summed E-state index contributed by atoms with van der Waals surface area (Å²) in [6, 6.07) is 0.234. The Morgan fingerprint density at radius 2 is 1.78 bits per heavy atom. The number of hydrogen-bond acceptors (Lipinski definition) is 3. The molecule has 104 valence electrons. The average molecular weight is 254 g/mol. The Kier molecular flexibility index (Phi) is 3.34. The van der Waals surface area contributed by atoms with Crippen LogP contribution in [0.5, 0.6) is 0 Å². The maximum absolute atomic E-state index is 11.9. The second-order valence-corrected chi connectivity index (χ2v) is 6.93. The zero-order valence-corrected chi connectivity index (χ0v) is 12.3. The lowest BCUT2D eigenvalue weighted by atomic mass is 9.88. The minimum atomic E-state index is -0.219. The van der Waals surface area contributed by atoms with Gasteiger partial charge in [-0.05, 0) is 34.6 Å². The molecular formula is C14H26N2O2. The zero-order chi connectivity index (χ0) is 13.6. The molecule has 2 rings (SSSR count). The van der Waals surface area contributed by atoms with E-state index >= 15 is 0 Å². The predicted molar refractivity (Wildman–Crippen MR) is 71.6 cm³/mol. The third kappa shape index (κ3) is 2.48. The number of likely N-dealkylation sites (tertiary alicyclic amines) is 1. The minimum absolute atomic E-state index is 0.130. The Labute approximate surface area is 110 Å². The highest BCUT2D eigenvalue weighted by atomic mass is 16.6. The maximum Gasteiger partial charge on any atom is 0.410 e. The highest BCUT2D eigenvalue weighted by Gasteiger charge is 2.48. The SMILES string of the molecule is CC(C)N1CC2(CCN(C(C)(C)C)CC2)OC1=O. The minimum Gasteiger partial charge on any atom is -0.441 e. The number of nitrogens with zero attached hydrogens (tertiary/aromatic N) is 2. The summed E-state index contributed by atoms with van der Waals surface area (Å²) < 4.78 is 5.69. The van der Waals surface area contributed by atoms with E-state index in [2.05, 4.69) is 25.7 Å². The molecule has 1 spiro atoms. The highest BCUT2D eigenvalue weighted by Crippen LogP contribution is 2.35. The van der Waals surface area contributed by atoms with Gasteiger partial charge in [0.1, 0.15) is 5.60 Å². The van der Waals surface area contributed by atoms with E-state index in [0.29, 0.717) is 0 Å². The quantitative estimate of drug-likeness (QED) is 0.720. The van der Waals surface area contributed by atoms with Gasteiger partial charge >= 0.3 is 6.09 Å². The van der Waals surface area contributed by atoms with E-state index in [4.69, 9.17) is 4.74 Å². The summed E-state index contributed by atoms with van der Waals surface area (Å²) >= 11 is 0. The summed E-state index contributed by atoms with van der Waals surface area (Å²) in [5.74, 6) is 0. The van der Waals surface area contributed by atoms with Gasteiger partial charge in [0.2, 0.25) is 0 Å². The molecule has 4 heteroatoms. The molecule has 0 unspecified atom stereocenters. The molecule has 2 aliphatic heterocycles. The fourth-order valence-electron chi connectivity index (χ4n) is 2.89. The summed E-state index contributed by atoms with van der Waals surface area (Å²) in [6.07, 6.45) is 1.78. The molecular weight excluding hydrogens is 228 g/mol. The maximum atomic E-state index is 11.9. The van der Waals surface area contributed by atoms with E-state index in [-0.39, 0.29) is 23.3 Å². The molecule has 2 fully saturated rings. The lowest BCUT2D eigenvalue weighted by Crippen LogP contribution is -2.52. The Morgan fingerprint density at radius 3 is 2.17 bits per heavy atom. The molecule has 2 saturated heterocycles. The van der Waals surface area contributed by atoms with Crippen LogP contribution in [0.4, 0.5) is 4.79 Å². The van der Waals surface area contributed by atoms with Gasteiger partial charge in [-0.3, -0.25) is 4.90 Å². The van der Waals surface area contributed by atoms with E-state index in [1.807, 2.05) is 18.7 Å². The van der Waals surface area contributed by atoms with Crippen LogP contribution in [0.3, 0.4) is 0 Å². The molecule has 0 radical (unpaired) electrons. The van der Waals surface area contributed by atoms with Crippen molar-refractivity contribution in [3.05, 3.63) is 0 Å². The van der Waals surface area contributed by atoms with Crippen molar-refractivity contribution in [2.24, 2.45) is 0 Å². The van der Waals surface area contributed by atoms with E-state index in [1.54, 1.807) is 0 Å². The molecule has 2 heterocycles. The van der Waals surface area contributed by atoms with E-state index in [1.165, 1.54) is 0 Å². The molecule has 0 aromatic heterocycles. The Bertz CT molecular complexity index is 325. The van der Waals surface area contributed by atoms with E-state index < -0.39 is 0 Å². The fourth-order valence-corrected chi connectivity index (χ4v) is 2.89. The number of rotatable bonds is 1. The van der Waals surface area contributed by atoms with Gasteiger partial charge in [-0.1, -0.05) is 0 Å². The van der Waals surface area contributed by atoms with Gasteiger partial charge in [0.15, 0.2) is 0 Å². The Morgan fingerprint density at radius 1 is 1.22 bits per heavy atom. The highest BCUT2D eigenvalue weighted by molar-refractivity contribution is 5.71. The van der Waals surface area contributed by atoms with Crippen LogP contribution in [0, 0.1) is 0 Å². The Balaban J connectivity index is 2.00. The monoisotopic (exact) mass is 254 g/mol. The van der Waals surface area contributed by atoms with Crippen LogP contribution in [0.25, 0.3) is 0 Å². The first-order chi connectivity index (χ1) is 8.23. The number of hydrogen-bond donors (Lipinski definition) is 0. The third-order valence-corrected chi connectivity index (χ3v) is 4.24. The second-order valence-electron chi connectivity index (χ2n) is 6.93. The van der Waals surface area contributed by atoms with E-state index in [0.717, 1.165) is 32.5 Å². The second kappa shape index (κ2) is 4.41. The van der Waals surface area contributed by atoms with Crippen LogP contribution >= 0.6 is 0 Å². The normalized spacial score (nSPS) is 25.0. The van der Waals surface area contributed by atoms with Gasteiger partial charge in [0.25, 0.3) is 0 Å². The average Bonchev–Trinajstić information content (AvgIpc) is 2.55. The number of carbonyl (C=O) groups excluding carboxylic acids is 1. The summed E-state index contributed by atoms with van der Waals surface area (Å²) in [5.41, 5.74) is -0.00887. The van der Waals surface area contributed by atoms with Crippen LogP contribution in [-0.4, -0.2) is 52.7 Å². The van der Waals surface area contributed by atoms with Crippen LogP contribution in [0.1, 0.15) is 47.5 Å². The molecule has 0 saturated carbocycles. The predicted octanol–water partition coefficient (Wildman–Crippen LogP) is 2.48. The van der Waals surface area contributed by atoms with Crippen LogP contribution in [0.2, 0.25) is 0 Å². The smallest absolute Gasteiger partial charge is 0.410 e. The van der Waals surface area contributed by atoms with Gasteiger partial charge in [-0.2, -0.15) is 0 Å². The number of ether oxygens (including phenoxy) is 1. The van der Waals surface area contributed by atoms with Crippen molar-refractivity contribution in [3.63, 3.8) is 0 Å². The topological polar surface area (TPSA) is 32.8 Å². The molecule has 0 aliphatic carbocycles. The lowest BCUT2D eigenvalue weighted by Gasteiger charge is -2.43. The number of piperidine rings is 1. The molecule has 18 heavy (non-hydrogen) atoms. The molecule has 1 amide bonds. The lowest BCUT2D eigenvalue weighted by molar-refractivity contribution is -0.0221. The van der Waals surface area contributed by atoms with Gasteiger partial charge in [-0.15, -0.1) is 0 Å². The first kappa shape index (κ1) is 13.7. The fraction of sp³-hybridized carbons (Fsp3) is 0.929. The van der Waals surface area contributed by atoms with Crippen molar-refractivity contribution in [1.82, 2.24) is 9.80 Å². The first-order valence-electron chi connectivity index (χ1n) is 6.98. The standard InChI is InChI=1S/C14H26N2O2/c1-11(2)16-10-14(18-12(16)17)6-8-15(9-7-14)13(3,4)5/h11H,6-10H2,1-5H3. The molecule has 0 aromatic rings. The summed E-state index contributed by atoms with van der Waals surface area (Å²) in [7, 11) is 0. The van der Waals surface area contributed by atoms with Crippen molar-refractivity contribution in [3.8, 4) is 0 Å². The van der Waals surface area contributed by atoms with Crippen LogP contribution in [-0.2, 0) is 4.74 Å². The van der Waals surface area contributed by atoms with Crippen LogP contribution in [0.15, 0.2) is 0 Å². The third-order valence-electron chi connectivity index (χ3n) is 4.24.